The van der Waals surface area contributed by atoms with Crippen LogP contribution in [0.5, 0.6) is 0 Å². The zero-order valence-electron chi connectivity index (χ0n) is 10.8. The van der Waals surface area contributed by atoms with Crippen LogP contribution in [0.25, 0.3) is 0 Å². The Bertz CT molecular complexity index is 354. The third-order valence-corrected chi connectivity index (χ3v) is 4.18. The first kappa shape index (κ1) is 12.8. The summed E-state index contributed by atoms with van der Waals surface area (Å²) in [7, 11) is 0. The van der Waals surface area contributed by atoms with Crippen molar-refractivity contribution in [2.75, 3.05) is 30.8 Å². The fourth-order valence-corrected chi connectivity index (χ4v) is 3.00. The molecule has 0 amide bonds. The smallest absolute Gasteiger partial charge is 0.0504 e. The molecule has 0 aliphatic carbocycles. The van der Waals surface area contributed by atoms with Gasteiger partial charge in [0.25, 0.3) is 0 Å². The fraction of sp³-hybridized carbons (Fsp3) is 0.571. The van der Waals surface area contributed by atoms with Crippen molar-refractivity contribution in [3.8, 4) is 0 Å². The highest BCUT2D eigenvalue weighted by atomic mass is 32.2. The molecule has 94 valence electrons. The monoisotopic (exact) mass is 250 g/mol. The Hall–Kier alpha value is -0.670. The number of para-hydroxylation sites is 1. The van der Waals surface area contributed by atoms with E-state index < -0.39 is 0 Å². The summed E-state index contributed by atoms with van der Waals surface area (Å²) >= 11 is 1.84. The molecule has 2 rings (SSSR count). The second-order valence-corrected chi connectivity index (χ2v) is 5.38. The van der Waals surface area contributed by atoms with E-state index in [0.717, 1.165) is 13.1 Å². The molecule has 1 unspecified atom stereocenters. The van der Waals surface area contributed by atoms with Crippen molar-refractivity contribution in [2.45, 2.75) is 30.7 Å². The van der Waals surface area contributed by atoms with Crippen LogP contribution in [-0.4, -0.2) is 31.9 Å². The van der Waals surface area contributed by atoms with Crippen LogP contribution in [0.2, 0.25) is 0 Å². The number of anilines is 1. The molecule has 0 bridgehead atoms. The Morgan fingerprint density at radius 1 is 1.41 bits per heavy atom. The van der Waals surface area contributed by atoms with Gasteiger partial charge >= 0.3 is 0 Å². The van der Waals surface area contributed by atoms with Crippen LogP contribution < -0.4 is 10.2 Å². The predicted molar refractivity (Wildman–Crippen MR) is 77.1 cm³/mol. The molecular weight excluding hydrogens is 228 g/mol. The van der Waals surface area contributed by atoms with E-state index >= 15 is 0 Å². The van der Waals surface area contributed by atoms with Gasteiger partial charge in [0.1, 0.15) is 0 Å². The Balaban J connectivity index is 2.18. The molecular formula is C14H22N2S. The van der Waals surface area contributed by atoms with Crippen molar-refractivity contribution in [2.24, 2.45) is 0 Å². The first-order valence-electron chi connectivity index (χ1n) is 6.46. The number of benzene rings is 1. The lowest BCUT2D eigenvalue weighted by molar-refractivity contribution is 0.528. The normalized spacial score (nSPS) is 21.3. The van der Waals surface area contributed by atoms with E-state index in [-0.39, 0.29) is 0 Å². The third kappa shape index (κ3) is 3.17. The molecule has 1 aliphatic heterocycles. The zero-order chi connectivity index (χ0) is 12.1. The zero-order valence-corrected chi connectivity index (χ0v) is 11.6. The molecule has 0 saturated carbocycles. The van der Waals surface area contributed by atoms with Crippen molar-refractivity contribution in [3.63, 3.8) is 0 Å². The molecule has 0 aromatic heterocycles. The van der Waals surface area contributed by atoms with Gasteiger partial charge in [0, 0.05) is 24.0 Å². The van der Waals surface area contributed by atoms with Crippen LogP contribution in [0.3, 0.4) is 0 Å². The average Bonchev–Trinajstić information content (AvgIpc) is 2.64. The number of hydrogen-bond acceptors (Lipinski definition) is 3. The largest absolute Gasteiger partial charge is 0.369 e. The van der Waals surface area contributed by atoms with Crippen LogP contribution in [0, 0.1) is 0 Å². The number of hydrogen-bond donors (Lipinski definition) is 1. The van der Waals surface area contributed by atoms with E-state index in [4.69, 9.17) is 0 Å². The number of nitrogens with zero attached hydrogens (tertiary/aromatic N) is 1. The lowest BCUT2D eigenvalue weighted by Gasteiger charge is -2.27. The summed E-state index contributed by atoms with van der Waals surface area (Å²) in [5, 5.41) is 3.62. The van der Waals surface area contributed by atoms with E-state index in [0.29, 0.717) is 6.04 Å². The molecule has 1 aromatic rings. The third-order valence-electron chi connectivity index (χ3n) is 3.40. The molecule has 1 atom stereocenters. The molecule has 17 heavy (non-hydrogen) atoms. The molecule has 1 heterocycles. The maximum atomic E-state index is 3.62. The topological polar surface area (TPSA) is 15.3 Å². The summed E-state index contributed by atoms with van der Waals surface area (Å²) in [6, 6.07) is 9.38. The van der Waals surface area contributed by atoms with E-state index in [1.165, 1.54) is 30.0 Å². The maximum absolute atomic E-state index is 3.62. The number of nitrogens with one attached hydrogen (secondary N) is 1. The van der Waals surface area contributed by atoms with Gasteiger partial charge in [-0.25, -0.2) is 0 Å². The predicted octanol–water partition coefficient (Wildman–Crippen LogP) is 2.99. The molecule has 1 saturated heterocycles. The summed E-state index contributed by atoms with van der Waals surface area (Å²) in [5.74, 6) is 0. The van der Waals surface area contributed by atoms with E-state index in [9.17, 15) is 0 Å². The summed E-state index contributed by atoms with van der Waals surface area (Å²) < 4.78 is 0. The van der Waals surface area contributed by atoms with Gasteiger partial charge in [-0.1, -0.05) is 19.1 Å². The summed E-state index contributed by atoms with van der Waals surface area (Å²) in [6.07, 6.45) is 4.60. The lowest BCUT2D eigenvalue weighted by atomic mass is 10.2. The molecule has 3 heteroatoms. The van der Waals surface area contributed by atoms with Gasteiger partial charge in [-0.3, -0.25) is 0 Å². The Morgan fingerprint density at radius 3 is 3.00 bits per heavy atom. The van der Waals surface area contributed by atoms with Gasteiger partial charge in [-0.05, 0) is 37.8 Å². The molecule has 1 N–H and O–H groups in total. The van der Waals surface area contributed by atoms with E-state index in [2.05, 4.69) is 47.7 Å². The van der Waals surface area contributed by atoms with Gasteiger partial charge in [-0.2, -0.15) is 0 Å². The summed E-state index contributed by atoms with van der Waals surface area (Å²) in [6.45, 7) is 5.72. The van der Waals surface area contributed by atoms with Crippen molar-refractivity contribution in [1.82, 2.24) is 5.32 Å². The Kier molecular flexibility index (Phi) is 4.75. The lowest BCUT2D eigenvalue weighted by Crippen LogP contribution is -2.37. The van der Waals surface area contributed by atoms with Gasteiger partial charge in [0.2, 0.25) is 0 Å². The van der Waals surface area contributed by atoms with Crippen LogP contribution in [0.15, 0.2) is 29.2 Å². The Morgan fingerprint density at radius 2 is 2.24 bits per heavy atom. The molecule has 1 fully saturated rings. The van der Waals surface area contributed by atoms with Gasteiger partial charge in [-0.15, -0.1) is 11.8 Å². The average molecular weight is 250 g/mol. The minimum atomic E-state index is 0.632. The van der Waals surface area contributed by atoms with Crippen LogP contribution in [0.1, 0.15) is 19.8 Å². The quantitative estimate of drug-likeness (QED) is 0.830. The first-order valence-corrected chi connectivity index (χ1v) is 7.69. The second-order valence-electron chi connectivity index (χ2n) is 4.53. The maximum Gasteiger partial charge on any atom is 0.0504 e. The highest BCUT2D eigenvalue weighted by Gasteiger charge is 2.18. The summed E-state index contributed by atoms with van der Waals surface area (Å²) in [5.41, 5.74) is 1.40. The van der Waals surface area contributed by atoms with Crippen molar-refractivity contribution in [3.05, 3.63) is 24.3 Å². The van der Waals surface area contributed by atoms with Gasteiger partial charge in [0.05, 0.1) is 5.69 Å². The van der Waals surface area contributed by atoms with E-state index in [1.807, 2.05) is 11.8 Å². The summed E-state index contributed by atoms with van der Waals surface area (Å²) in [4.78, 5) is 3.93. The van der Waals surface area contributed by atoms with Gasteiger partial charge < -0.3 is 10.2 Å². The number of thioether (sulfide) groups is 1. The van der Waals surface area contributed by atoms with Crippen molar-refractivity contribution < 1.29 is 0 Å². The van der Waals surface area contributed by atoms with Crippen molar-refractivity contribution >= 4 is 17.4 Å². The van der Waals surface area contributed by atoms with Crippen LogP contribution >= 0.6 is 11.8 Å². The van der Waals surface area contributed by atoms with E-state index in [1.54, 1.807) is 0 Å². The van der Waals surface area contributed by atoms with Crippen LogP contribution in [0.4, 0.5) is 5.69 Å². The van der Waals surface area contributed by atoms with Crippen LogP contribution in [-0.2, 0) is 0 Å². The SMILES string of the molecule is CCC1CN(c2ccccc2SC)CCCN1. The standard InChI is InChI=1S/C14H22N2S/c1-3-12-11-16(10-6-9-15-12)13-7-4-5-8-14(13)17-2/h4-5,7-8,12,15H,3,6,9-11H2,1-2H3. The highest BCUT2D eigenvalue weighted by Crippen LogP contribution is 2.29. The Labute approximate surface area is 109 Å². The number of rotatable bonds is 3. The fourth-order valence-electron chi connectivity index (χ4n) is 2.38. The molecule has 1 aromatic carbocycles. The molecule has 0 spiro atoms. The first-order chi connectivity index (χ1) is 8.35. The van der Waals surface area contributed by atoms with Gasteiger partial charge in [0.15, 0.2) is 0 Å². The molecule has 0 radical (unpaired) electrons. The minimum absolute atomic E-state index is 0.632. The molecule has 2 nitrogen and oxygen atoms in total. The molecule has 1 aliphatic rings. The minimum Gasteiger partial charge on any atom is -0.369 e. The van der Waals surface area contributed by atoms with Crippen molar-refractivity contribution in [1.29, 1.82) is 0 Å². The second kappa shape index (κ2) is 6.31. The highest BCUT2D eigenvalue weighted by molar-refractivity contribution is 7.98.